The third-order valence-corrected chi connectivity index (χ3v) is 27.8. The molecule has 0 spiro atoms. The summed E-state index contributed by atoms with van der Waals surface area (Å²) >= 11 is 3.32. The van der Waals surface area contributed by atoms with Gasteiger partial charge in [-0.3, -0.25) is 28.4 Å². The Morgan fingerprint density at radius 2 is 0.754 bits per heavy atom. The molecule has 0 saturated heterocycles. The van der Waals surface area contributed by atoms with Crippen LogP contribution in [0.15, 0.2) is 245 Å². The molecule has 3 aliphatic carbocycles. The summed E-state index contributed by atoms with van der Waals surface area (Å²) in [7, 11) is 10.3. The second-order valence-corrected chi connectivity index (χ2v) is 37.7. The fraction of sp³-hybridized carbons (Fsp3) is 0.262. The molecule has 718 valence electrons. The van der Waals surface area contributed by atoms with E-state index in [0.29, 0.717) is 76.0 Å². The van der Waals surface area contributed by atoms with E-state index in [1.165, 1.54) is 114 Å². The van der Waals surface area contributed by atoms with E-state index in [1.807, 2.05) is 160 Å². The zero-order valence-electron chi connectivity index (χ0n) is 79.9. The highest BCUT2D eigenvalue weighted by atomic mass is 32.1. The second kappa shape index (κ2) is 43.0. The first-order valence-corrected chi connectivity index (χ1v) is 49.3. The van der Waals surface area contributed by atoms with Crippen LogP contribution in [0, 0.1) is 19.7 Å². The largest absolute Gasteiger partial charge is 0.496 e. The number of benzene rings is 6. The first-order valence-electron chi connectivity index (χ1n) is 47.6. The number of ether oxygens (including phenoxy) is 5. The molecule has 0 radical (unpaired) electrons. The number of fused-ring (bicyclic) bond motifs is 6. The molecule has 3 saturated carbocycles. The van der Waals surface area contributed by atoms with Crippen molar-refractivity contribution in [3.63, 3.8) is 0 Å². The molecule has 0 amide bonds. The summed E-state index contributed by atoms with van der Waals surface area (Å²) in [5.74, 6) is 6.14. The molecule has 32 nitrogen and oxygen atoms in total. The zero-order chi connectivity index (χ0) is 96.9. The van der Waals surface area contributed by atoms with Gasteiger partial charge in [-0.2, -0.15) is 25.5 Å². The van der Waals surface area contributed by atoms with E-state index in [4.69, 9.17) is 48.6 Å². The van der Waals surface area contributed by atoms with Crippen LogP contribution in [0.25, 0.3) is 109 Å². The number of nitrogens with zero attached hydrogens (tertiary/aromatic N) is 22. The monoisotopic (exact) mass is 1930 g/mol. The lowest BCUT2D eigenvalue weighted by molar-refractivity contribution is 0.329. The van der Waals surface area contributed by atoms with E-state index in [9.17, 15) is 4.39 Å². The van der Waals surface area contributed by atoms with Crippen molar-refractivity contribution in [2.75, 3.05) is 61.6 Å². The Bertz CT molecular complexity index is 7680. The standard InChI is InChI=1S/C25H25N5O.C24H24FN5O.C24H25N5O.2C17H16N6OS/c1-2-8-20(9-3-1)30-16-19(15-27-30)28-25-26-14-18-7-5-10-21(23(18)29-25)22-11-4-6-17-12-13-31-24(17)22;1-31-22-10-6-5-9-20(22)21-12-17(25)11-16-13-26-24(29-23(16)21)28-18-14-27-30(15-18)19-7-3-2-4-8-19;1-30-22-13-6-5-11-20(22)21-12-7-8-17-14-25-24(28-23(17)21)27-18-15-26-29(16-18)19-9-3-2-4-10-19;1-10-15(12-7-18-5-4-13(12)24-3)16-14(25-10)8-19-17(22-16)21-11-6-20-23(2)9-11;1-10-14(12-5-4-6-18-16(12)24-3)15-13(25-10)8-19-17(22-15)21-11-7-20-23(2)9-11/h4-7,10-11,14-16,20H,1-3,8-9,12-13H2,(H,26,28,29);5-6,9-15,19H,2-4,7-8H2,1H3,(H,26,28,29);5-8,11-16,19H,2-4,9-10H2,1H3,(H,25,27,28);2*4-9H,1-3H3,(H,19,21,22). The third-order valence-electron chi connectivity index (χ3n) is 25.7. The maximum Gasteiger partial charge on any atom is 0.227 e. The predicted octanol–water partition coefficient (Wildman–Crippen LogP) is 24.4. The Morgan fingerprint density at radius 3 is 1.23 bits per heavy atom. The molecule has 4 aliphatic rings. The van der Waals surface area contributed by atoms with Gasteiger partial charge in [-0.05, 0) is 100 Å². The van der Waals surface area contributed by atoms with Crippen molar-refractivity contribution in [1.82, 2.24) is 109 Å². The smallest absolute Gasteiger partial charge is 0.227 e. The number of para-hydroxylation sites is 5. The third kappa shape index (κ3) is 21.0. The number of halogens is 1. The fourth-order valence-electron chi connectivity index (χ4n) is 18.9. The van der Waals surface area contributed by atoms with Gasteiger partial charge in [-0.15, -0.1) is 22.7 Å². The molecule has 15 heterocycles. The van der Waals surface area contributed by atoms with Gasteiger partial charge in [-0.1, -0.05) is 149 Å². The Hall–Kier alpha value is -16.3. The van der Waals surface area contributed by atoms with Gasteiger partial charge in [0.25, 0.3) is 0 Å². The molecule has 35 heteroatoms. The van der Waals surface area contributed by atoms with Crippen LogP contribution >= 0.6 is 22.7 Å². The maximum absolute atomic E-state index is 14.3. The lowest BCUT2D eigenvalue weighted by atomic mass is 9.96. The number of pyridine rings is 2. The van der Waals surface area contributed by atoms with Crippen molar-refractivity contribution in [2.24, 2.45) is 14.1 Å². The summed E-state index contributed by atoms with van der Waals surface area (Å²) in [5.41, 5.74) is 19.4. The van der Waals surface area contributed by atoms with Gasteiger partial charge in [0.15, 0.2) is 0 Å². The van der Waals surface area contributed by atoms with E-state index in [1.54, 1.807) is 97.7 Å². The molecule has 142 heavy (non-hydrogen) atoms. The number of anilines is 10. The number of rotatable bonds is 22. The van der Waals surface area contributed by atoms with Crippen LogP contribution < -0.4 is 50.3 Å². The van der Waals surface area contributed by atoms with E-state index in [-0.39, 0.29) is 5.82 Å². The molecule has 5 N–H and O–H groups in total. The van der Waals surface area contributed by atoms with Crippen LogP contribution in [0.1, 0.15) is 130 Å². The summed E-state index contributed by atoms with van der Waals surface area (Å²) in [6.07, 6.45) is 52.9. The van der Waals surface area contributed by atoms with E-state index >= 15 is 0 Å². The van der Waals surface area contributed by atoms with Gasteiger partial charge in [0.1, 0.15) is 28.8 Å². The van der Waals surface area contributed by atoms with Crippen molar-refractivity contribution < 1.29 is 28.1 Å². The van der Waals surface area contributed by atoms with Gasteiger partial charge >= 0.3 is 0 Å². The number of hydrogen-bond donors (Lipinski definition) is 5. The fourth-order valence-corrected chi connectivity index (χ4v) is 20.9. The number of aryl methyl sites for hydroxylation is 4. The Balaban J connectivity index is 0.000000109. The molecule has 0 atom stereocenters. The zero-order valence-corrected chi connectivity index (χ0v) is 81.6. The summed E-state index contributed by atoms with van der Waals surface area (Å²) in [5, 5.41) is 40.9. The van der Waals surface area contributed by atoms with Gasteiger partial charge in [0, 0.05) is 170 Å². The molecule has 14 aromatic heterocycles. The molecule has 1 aliphatic heterocycles. The van der Waals surface area contributed by atoms with Gasteiger partial charge in [0.2, 0.25) is 35.6 Å². The SMILES string of the molecule is COc1ccccc1-c1cc(F)cc2cnc(Nc3cnn(C4CCCCC4)c3)nc12.COc1ccccc1-c1cccc2cnc(Nc3cnn(C4CCCCC4)c3)nc12.COc1ccncc1-c1c(C)sc2cnc(Nc3cnn(C)c3)nc12.COc1ncccc1-c1c(C)sc2cnc(Nc3cnn(C)c3)nc12.c1cc2c(c(-c3cccc4cnc(Nc5cnn(C6CCCCC6)c5)nc34)c1)OCC2. The van der Waals surface area contributed by atoms with Crippen LogP contribution in [-0.4, -0.2) is 144 Å². The topological polar surface area (TPSA) is 350 Å². The Labute approximate surface area is 826 Å². The van der Waals surface area contributed by atoms with E-state index < -0.39 is 0 Å². The van der Waals surface area contributed by atoms with Crippen molar-refractivity contribution in [3.05, 3.63) is 266 Å². The summed E-state index contributed by atoms with van der Waals surface area (Å²) in [4.78, 5) is 56.9. The normalized spacial score (nSPS) is 13.7. The van der Waals surface area contributed by atoms with Crippen molar-refractivity contribution in [3.8, 4) is 84.5 Å². The minimum absolute atomic E-state index is 0.341. The van der Waals surface area contributed by atoms with Gasteiger partial charge < -0.3 is 50.3 Å². The highest BCUT2D eigenvalue weighted by molar-refractivity contribution is 7.20. The molecular formula is C107H106FN27O5S2. The second-order valence-electron chi connectivity index (χ2n) is 35.2. The number of hydrogen-bond acceptors (Lipinski definition) is 29. The number of thiophene rings is 2. The van der Waals surface area contributed by atoms with Crippen LogP contribution in [0.3, 0.4) is 0 Å². The van der Waals surface area contributed by atoms with Gasteiger partial charge in [-0.25, -0.2) is 59.2 Å². The lowest BCUT2D eigenvalue weighted by Gasteiger charge is -2.21. The van der Waals surface area contributed by atoms with Crippen molar-refractivity contribution in [2.45, 2.75) is 135 Å². The minimum atomic E-state index is -0.341. The molecule has 24 rings (SSSR count). The van der Waals surface area contributed by atoms with Crippen LogP contribution in [0.2, 0.25) is 0 Å². The number of aromatic nitrogens is 22. The van der Waals surface area contributed by atoms with Crippen molar-refractivity contribution in [1.29, 1.82) is 0 Å². The highest BCUT2D eigenvalue weighted by Crippen LogP contribution is 2.46. The predicted molar refractivity (Wildman–Crippen MR) is 557 cm³/mol. The molecule has 0 unspecified atom stereocenters. The van der Waals surface area contributed by atoms with E-state index in [0.717, 1.165) is 161 Å². The Kier molecular flexibility index (Phi) is 28.3. The first-order chi connectivity index (χ1) is 69.7. The maximum atomic E-state index is 14.3. The highest BCUT2D eigenvalue weighted by Gasteiger charge is 2.27. The van der Waals surface area contributed by atoms with Crippen LogP contribution in [-0.2, 0) is 20.5 Å². The molecular weight excluding hydrogens is 1830 g/mol. The average Bonchev–Trinajstić information content (AvgIpc) is 0.929. The molecule has 20 aromatic rings. The minimum Gasteiger partial charge on any atom is -0.496 e. The summed E-state index contributed by atoms with van der Waals surface area (Å²) in [6.45, 7) is 4.88. The van der Waals surface area contributed by atoms with Gasteiger partial charge in [0.05, 0.1) is 162 Å². The molecule has 6 aromatic carbocycles. The number of nitrogens with one attached hydrogen (secondary N) is 5. The quantitative estimate of drug-likeness (QED) is 0.0421. The van der Waals surface area contributed by atoms with Crippen LogP contribution in [0.5, 0.6) is 28.9 Å². The summed E-state index contributed by atoms with van der Waals surface area (Å²) in [6, 6.07) is 44.4. The molecule has 0 bridgehead atoms. The van der Waals surface area contributed by atoms with Crippen LogP contribution in [0.4, 0.5) is 62.6 Å². The first kappa shape index (κ1) is 93.4. The Morgan fingerprint density at radius 1 is 0.352 bits per heavy atom. The van der Waals surface area contributed by atoms with E-state index in [2.05, 4.69) is 165 Å². The summed E-state index contributed by atoms with van der Waals surface area (Å²) < 4.78 is 54.0. The number of methoxy groups -OCH3 is 4. The lowest BCUT2D eigenvalue weighted by Crippen LogP contribution is -2.12. The average molecular weight is 1930 g/mol. The van der Waals surface area contributed by atoms with Crippen molar-refractivity contribution >= 4 is 134 Å². The molecule has 3 fully saturated rings.